The van der Waals surface area contributed by atoms with Crippen LogP contribution in [0.5, 0.6) is 0 Å². The lowest BCUT2D eigenvalue weighted by Gasteiger charge is -2.21. The second kappa shape index (κ2) is 6.92. The van der Waals surface area contributed by atoms with Crippen LogP contribution in [0.2, 0.25) is 0 Å². The molecule has 0 rings (SSSR count). The predicted molar refractivity (Wildman–Crippen MR) is 74.7 cm³/mol. The average Bonchev–Trinajstić information content (AvgIpc) is 2.19. The summed E-state index contributed by atoms with van der Waals surface area (Å²) in [6.45, 7) is 12.3. The molecule has 0 atom stereocenters. The van der Waals surface area contributed by atoms with Crippen LogP contribution in [0, 0.1) is 5.92 Å². The summed E-state index contributed by atoms with van der Waals surface area (Å²) in [5.74, 6) is -1.82. The number of carboxylic acid groups (broad SMARTS) is 1. The highest BCUT2D eigenvalue weighted by Gasteiger charge is 2.25. The van der Waals surface area contributed by atoms with Crippen LogP contribution in [0.15, 0.2) is 36.0 Å². The fraction of sp³-hybridized carbons (Fsp3) is 0.467. The van der Waals surface area contributed by atoms with Gasteiger partial charge in [-0.15, -0.1) is 0 Å². The van der Waals surface area contributed by atoms with Crippen molar-refractivity contribution in [1.29, 1.82) is 0 Å². The Bertz CT molecular complexity index is 420. The third-order valence-electron chi connectivity index (χ3n) is 1.92. The van der Waals surface area contributed by atoms with Crippen molar-refractivity contribution in [3.05, 3.63) is 36.0 Å². The Kier molecular flexibility index (Phi) is 6.25. The van der Waals surface area contributed by atoms with Crippen molar-refractivity contribution in [3.8, 4) is 0 Å². The summed E-state index contributed by atoms with van der Waals surface area (Å²) in [5, 5.41) is 9.22. The third-order valence-corrected chi connectivity index (χ3v) is 1.92. The number of rotatable bonds is 5. The average molecular weight is 266 g/mol. The van der Waals surface area contributed by atoms with Crippen molar-refractivity contribution in [2.45, 2.75) is 40.2 Å². The molecule has 0 heterocycles. The van der Waals surface area contributed by atoms with E-state index in [9.17, 15) is 14.7 Å². The predicted octanol–water partition coefficient (Wildman–Crippen LogP) is 3.11. The van der Waals surface area contributed by atoms with Crippen LogP contribution in [0.1, 0.15) is 34.6 Å². The molecule has 0 aliphatic rings. The minimum Gasteiger partial charge on any atom is -0.478 e. The summed E-state index contributed by atoms with van der Waals surface area (Å²) >= 11 is 0. The number of hydrogen-bond donors (Lipinski definition) is 1. The minimum absolute atomic E-state index is 0.00162. The fourth-order valence-electron chi connectivity index (χ4n) is 1.33. The first-order valence-electron chi connectivity index (χ1n) is 6.10. The number of carbonyl (C=O) groups is 2. The zero-order valence-corrected chi connectivity index (χ0v) is 12.2. The number of carboxylic acids is 1. The molecular weight excluding hydrogens is 244 g/mol. The Hall–Kier alpha value is -1.84. The van der Waals surface area contributed by atoms with Crippen LogP contribution >= 0.6 is 0 Å². The van der Waals surface area contributed by atoms with Gasteiger partial charge in [0.05, 0.1) is 11.1 Å². The molecular formula is C15H22O4. The molecule has 1 N–H and O–H groups in total. The van der Waals surface area contributed by atoms with E-state index in [2.05, 4.69) is 6.58 Å². The topological polar surface area (TPSA) is 63.6 Å². The van der Waals surface area contributed by atoms with Crippen molar-refractivity contribution in [2.75, 3.05) is 0 Å². The first kappa shape index (κ1) is 17.2. The van der Waals surface area contributed by atoms with E-state index in [1.54, 1.807) is 20.8 Å². The molecule has 19 heavy (non-hydrogen) atoms. The summed E-state index contributed by atoms with van der Waals surface area (Å²) in [5.41, 5.74) is -0.742. The molecule has 0 saturated carbocycles. The first-order chi connectivity index (χ1) is 8.58. The van der Waals surface area contributed by atoms with Gasteiger partial charge in [0.15, 0.2) is 0 Å². The van der Waals surface area contributed by atoms with E-state index in [0.29, 0.717) is 0 Å². The molecule has 0 aliphatic carbocycles. The van der Waals surface area contributed by atoms with Gasteiger partial charge >= 0.3 is 11.9 Å². The highest BCUT2D eigenvalue weighted by molar-refractivity contribution is 6.06. The zero-order chi connectivity index (χ0) is 15.2. The summed E-state index contributed by atoms with van der Waals surface area (Å²) in [6, 6.07) is 0. The van der Waals surface area contributed by atoms with Crippen LogP contribution in [0.25, 0.3) is 0 Å². The van der Waals surface area contributed by atoms with Gasteiger partial charge in [0.2, 0.25) is 0 Å². The van der Waals surface area contributed by atoms with E-state index in [-0.39, 0.29) is 17.1 Å². The molecule has 0 aromatic carbocycles. The van der Waals surface area contributed by atoms with Gasteiger partial charge in [-0.3, -0.25) is 0 Å². The molecule has 0 fully saturated rings. The quantitative estimate of drug-likeness (QED) is 0.472. The van der Waals surface area contributed by atoms with Gasteiger partial charge in [0.25, 0.3) is 0 Å². The normalized spacial score (nSPS) is 13.4. The van der Waals surface area contributed by atoms with E-state index < -0.39 is 17.5 Å². The Balaban J connectivity index is 5.54. The van der Waals surface area contributed by atoms with Crippen molar-refractivity contribution in [3.63, 3.8) is 0 Å². The summed E-state index contributed by atoms with van der Waals surface area (Å²) in [6.07, 6.45) is 4.24. The summed E-state index contributed by atoms with van der Waals surface area (Å²) < 4.78 is 5.21. The van der Waals surface area contributed by atoms with E-state index in [4.69, 9.17) is 4.74 Å². The van der Waals surface area contributed by atoms with Crippen molar-refractivity contribution in [2.24, 2.45) is 5.92 Å². The molecule has 0 spiro atoms. The molecule has 0 bridgehead atoms. The smallest absolute Gasteiger partial charge is 0.339 e. The van der Waals surface area contributed by atoms with Gasteiger partial charge < -0.3 is 9.84 Å². The molecule has 4 heteroatoms. The van der Waals surface area contributed by atoms with Gasteiger partial charge in [-0.25, -0.2) is 9.59 Å². The molecule has 0 unspecified atom stereocenters. The Labute approximate surface area is 114 Å². The van der Waals surface area contributed by atoms with E-state index >= 15 is 0 Å². The lowest BCUT2D eigenvalue weighted by atomic mass is 10.0. The van der Waals surface area contributed by atoms with Crippen LogP contribution in [-0.2, 0) is 14.3 Å². The molecule has 0 amide bonds. The zero-order valence-electron chi connectivity index (χ0n) is 12.2. The summed E-state index contributed by atoms with van der Waals surface area (Å²) in [4.78, 5) is 23.3. The molecule has 0 aromatic heterocycles. The van der Waals surface area contributed by atoms with Gasteiger partial charge in [0.1, 0.15) is 5.60 Å². The Morgan fingerprint density at radius 2 is 1.74 bits per heavy atom. The molecule has 0 aromatic rings. The van der Waals surface area contributed by atoms with Crippen LogP contribution in [-0.4, -0.2) is 22.6 Å². The number of hydrogen-bond acceptors (Lipinski definition) is 3. The van der Waals surface area contributed by atoms with E-state index in [1.807, 2.05) is 13.8 Å². The highest BCUT2D eigenvalue weighted by Crippen LogP contribution is 2.19. The number of aliphatic carboxylic acids is 1. The highest BCUT2D eigenvalue weighted by atomic mass is 16.6. The molecule has 106 valence electrons. The standard InChI is InChI=1S/C15H22O4/c1-7-8-11(14(18)19-15(4,5)6)12(13(16)17)9-10(2)3/h7-10H,1H2,2-6H3,(H,16,17)/b11-8?,12-9+. The number of allylic oxidation sites excluding steroid dienone is 3. The lowest BCUT2D eigenvalue weighted by Crippen LogP contribution is -2.26. The number of esters is 1. The fourth-order valence-corrected chi connectivity index (χ4v) is 1.33. The van der Waals surface area contributed by atoms with Crippen LogP contribution in [0.3, 0.4) is 0 Å². The Morgan fingerprint density at radius 1 is 1.21 bits per heavy atom. The second-order valence-corrected chi connectivity index (χ2v) is 5.45. The maximum atomic E-state index is 12.0. The van der Waals surface area contributed by atoms with E-state index in [0.717, 1.165) is 0 Å². The van der Waals surface area contributed by atoms with Crippen molar-refractivity contribution < 1.29 is 19.4 Å². The van der Waals surface area contributed by atoms with Crippen molar-refractivity contribution in [1.82, 2.24) is 0 Å². The number of ether oxygens (including phenoxy) is 1. The number of carbonyl (C=O) groups excluding carboxylic acids is 1. The minimum atomic E-state index is -1.16. The monoisotopic (exact) mass is 266 g/mol. The largest absolute Gasteiger partial charge is 0.478 e. The van der Waals surface area contributed by atoms with Crippen molar-refractivity contribution >= 4 is 11.9 Å². The Morgan fingerprint density at radius 3 is 2.05 bits per heavy atom. The van der Waals surface area contributed by atoms with Gasteiger partial charge in [-0.1, -0.05) is 32.6 Å². The molecule has 0 radical (unpaired) electrons. The maximum Gasteiger partial charge on any atom is 0.339 e. The maximum absolute atomic E-state index is 12.0. The lowest BCUT2D eigenvalue weighted by molar-refractivity contribution is -0.150. The SMILES string of the molecule is C=CC=C(C(=O)OC(C)(C)C)/C(=C\C(C)C)C(=O)O. The van der Waals surface area contributed by atoms with E-state index in [1.165, 1.54) is 18.2 Å². The molecule has 0 saturated heterocycles. The second-order valence-electron chi connectivity index (χ2n) is 5.45. The first-order valence-corrected chi connectivity index (χ1v) is 6.10. The third kappa shape index (κ3) is 6.60. The summed E-state index contributed by atoms with van der Waals surface area (Å²) in [7, 11) is 0. The van der Waals surface area contributed by atoms with Gasteiger partial charge in [0, 0.05) is 0 Å². The molecule has 0 aliphatic heterocycles. The van der Waals surface area contributed by atoms with Crippen LogP contribution < -0.4 is 0 Å². The molecule has 4 nitrogen and oxygen atoms in total. The van der Waals surface area contributed by atoms with Crippen LogP contribution in [0.4, 0.5) is 0 Å². The van der Waals surface area contributed by atoms with Gasteiger partial charge in [-0.05, 0) is 32.8 Å². The van der Waals surface area contributed by atoms with Gasteiger partial charge in [-0.2, -0.15) is 0 Å².